The summed E-state index contributed by atoms with van der Waals surface area (Å²) in [7, 11) is 0. The van der Waals surface area contributed by atoms with Crippen LogP contribution in [0, 0.1) is 15.5 Å². The van der Waals surface area contributed by atoms with Crippen LogP contribution >= 0.6 is 11.6 Å². The average Bonchev–Trinajstić information content (AvgIpc) is 2.33. The lowest BCUT2D eigenvalue weighted by Gasteiger charge is -2.41. The molecule has 0 unspecified atom stereocenters. The van der Waals surface area contributed by atoms with Crippen molar-refractivity contribution in [2.24, 2.45) is 11.1 Å². The molecule has 4 nitrogen and oxygen atoms in total. The molecule has 1 saturated carbocycles. The highest BCUT2D eigenvalue weighted by Crippen LogP contribution is 2.41. The molecule has 1 aromatic carbocycles. The van der Waals surface area contributed by atoms with Crippen LogP contribution in [0.4, 0.5) is 5.69 Å². The fourth-order valence-corrected chi connectivity index (χ4v) is 3.05. The van der Waals surface area contributed by atoms with Gasteiger partial charge in [0.05, 0.1) is 4.92 Å². The Morgan fingerprint density at radius 1 is 1.30 bits per heavy atom. The summed E-state index contributed by atoms with van der Waals surface area (Å²) in [6.45, 7) is 4.49. The third-order valence-corrected chi connectivity index (χ3v) is 4.62. The van der Waals surface area contributed by atoms with Gasteiger partial charge in [-0.2, -0.15) is 0 Å². The molecule has 0 bridgehead atoms. The van der Waals surface area contributed by atoms with E-state index in [-0.39, 0.29) is 16.1 Å². The summed E-state index contributed by atoms with van der Waals surface area (Å²) >= 11 is 5.97. The van der Waals surface area contributed by atoms with Crippen molar-refractivity contribution in [1.29, 1.82) is 0 Å². The van der Waals surface area contributed by atoms with Crippen molar-refractivity contribution in [3.8, 4) is 0 Å². The van der Waals surface area contributed by atoms with Crippen LogP contribution < -0.4 is 5.73 Å². The van der Waals surface area contributed by atoms with Gasteiger partial charge in [-0.25, -0.2) is 0 Å². The van der Waals surface area contributed by atoms with Crippen molar-refractivity contribution in [2.45, 2.75) is 51.5 Å². The molecule has 0 aromatic heterocycles. The molecule has 0 atom stereocenters. The number of hydrogen-bond acceptors (Lipinski definition) is 3. The first-order chi connectivity index (χ1) is 9.21. The van der Waals surface area contributed by atoms with Crippen LogP contribution in [-0.2, 0) is 6.42 Å². The minimum absolute atomic E-state index is 0.115. The SMILES string of the molecule is CC1(C)CCC(N)(Cc2cc(Cl)ccc2[N+](=O)[O-])CC1. The van der Waals surface area contributed by atoms with Crippen molar-refractivity contribution >= 4 is 17.3 Å². The summed E-state index contributed by atoms with van der Waals surface area (Å²) in [5.41, 5.74) is 7.19. The van der Waals surface area contributed by atoms with Crippen LogP contribution in [0.15, 0.2) is 18.2 Å². The highest BCUT2D eigenvalue weighted by Gasteiger charge is 2.36. The zero-order valence-electron chi connectivity index (χ0n) is 12.0. The van der Waals surface area contributed by atoms with Gasteiger partial charge in [0, 0.05) is 22.2 Å². The second-order valence-corrected chi connectivity index (χ2v) is 7.17. The molecule has 0 aliphatic heterocycles. The van der Waals surface area contributed by atoms with E-state index in [1.54, 1.807) is 12.1 Å². The highest BCUT2D eigenvalue weighted by molar-refractivity contribution is 6.30. The molecule has 0 heterocycles. The van der Waals surface area contributed by atoms with E-state index in [0.717, 1.165) is 25.7 Å². The summed E-state index contributed by atoms with van der Waals surface area (Å²) in [6, 6.07) is 4.69. The van der Waals surface area contributed by atoms with Crippen molar-refractivity contribution in [3.63, 3.8) is 0 Å². The molecular formula is C15H21ClN2O2. The molecule has 0 amide bonds. The Morgan fingerprint density at radius 2 is 1.90 bits per heavy atom. The molecule has 2 rings (SSSR count). The molecule has 20 heavy (non-hydrogen) atoms. The number of rotatable bonds is 3. The first-order valence-corrected chi connectivity index (χ1v) is 7.30. The lowest BCUT2D eigenvalue weighted by atomic mass is 9.68. The summed E-state index contributed by atoms with van der Waals surface area (Å²) in [5, 5.41) is 11.6. The standard InChI is InChI=1S/C15H21ClN2O2/c1-14(2)5-7-15(17,8-6-14)10-11-9-12(16)3-4-13(11)18(19)20/h3-4,9H,5-8,10,17H2,1-2H3. The van der Waals surface area contributed by atoms with Crippen molar-refractivity contribution in [1.82, 2.24) is 0 Å². The Bertz CT molecular complexity index is 519. The van der Waals surface area contributed by atoms with Gasteiger partial charge in [-0.05, 0) is 49.7 Å². The Hall–Kier alpha value is -1.13. The molecule has 0 spiro atoms. The zero-order chi connectivity index (χ0) is 15.0. The number of nitrogens with zero attached hydrogens (tertiary/aromatic N) is 1. The van der Waals surface area contributed by atoms with Gasteiger partial charge in [0.1, 0.15) is 0 Å². The number of nitro benzene ring substituents is 1. The van der Waals surface area contributed by atoms with Crippen LogP contribution in [0.5, 0.6) is 0 Å². The van der Waals surface area contributed by atoms with Gasteiger partial charge in [0.2, 0.25) is 0 Å². The monoisotopic (exact) mass is 296 g/mol. The molecule has 1 aromatic rings. The van der Waals surface area contributed by atoms with E-state index in [9.17, 15) is 10.1 Å². The Labute approximate surface area is 124 Å². The van der Waals surface area contributed by atoms with Gasteiger partial charge in [-0.3, -0.25) is 10.1 Å². The maximum atomic E-state index is 11.1. The Morgan fingerprint density at radius 3 is 2.45 bits per heavy atom. The number of benzene rings is 1. The van der Waals surface area contributed by atoms with E-state index < -0.39 is 0 Å². The first kappa shape index (κ1) is 15.3. The normalized spacial score (nSPS) is 20.6. The highest BCUT2D eigenvalue weighted by atomic mass is 35.5. The van der Waals surface area contributed by atoms with Gasteiger partial charge in [-0.1, -0.05) is 25.4 Å². The average molecular weight is 297 g/mol. The minimum atomic E-state index is -0.359. The van der Waals surface area contributed by atoms with E-state index in [2.05, 4.69) is 13.8 Å². The van der Waals surface area contributed by atoms with E-state index in [1.165, 1.54) is 6.07 Å². The molecule has 110 valence electrons. The number of halogens is 1. The second-order valence-electron chi connectivity index (χ2n) is 6.73. The third kappa shape index (κ3) is 3.49. The van der Waals surface area contributed by atoms with E-state index in [4.69, 9.17) is 17.3 Å². The quantitative estimate of drug-likeness (QED) is 0.674. The minimum Gasteiger partial charge on any atom is -0.325 e. The molecule has 1 fully saturated rings. The summed E-state index contributed by atoms with van der Waals surface area (Å²) in [5.74, 6) is 0. The summed E-state index contributed by atoms with van der Waals surface area (Å²) in [4.78, 5) is 10.7. The maximum absolute atomic E-state index is 11.1. The second kappa shape index (κ2) is 5.34. The predicted octanol–water partition coefficient (Wildman–Crippen LogP) is 4.09. The van der Waals surface area contributed by atoms with Gasteiger partial charge < -0.3 is 5.73 Å². The molecule has 2 N–H and O–H groups in total. The molecular weight excluding hydrogens is 276 g/mol. The van der Waals surface area contributed by atoms with Crippen molar-refractivity contribution in [2.75, 3.05) is 0 Å². The van der Waals surface area contributed by atoms with Crippen LogP contribution in [0.2, 0.25) is 5.02 Å². The predicted molar refractivity (Wildman–Crippen MR) is 81.0 cm³/mol. The number of nitrogens with two attached hydrogens (primary N) is 1. The fourth-order valence-electron chi connectivity index (χ4n) is 2.85. The molecule has 0 radical (unpaired) electrons. The smallest absolute Gasteiger partial charge is 0.272 e. The fraction of sp³-hybridized carbons (Fsp3) is 0.600. The van der Waals surface area contributed by atoms with E-state index >= 15 is 0 Å². The maximum Gasteiger partial charge on any atom is 0.272 e. The Kier molecular flexibility index (Phi) is 4.07. The van der Waals surface area contributed by atoms with E-state index in [1.807, 2.05) is 0 Å². The van der Waals surface area contributed by atoms with Crippen molar-refractivity contribution in [3.05, 3.63) is 38.9 Å². The molecule has 0 saturated heterocycles. The lowest BCUT2D eigenvalue weighted by molar-refractivity contribution is -0.385. The third-order valence-electron chi connectivity index (χ3n) is 4.38. The zero-order valence-corrected chi connectivity index (χ0v) is 12.7. The molecule has 1 aliphatic rings. The van der Waals surface area contributed by atoms with Gasteiger partial charge in [0.25, 0.3) is 5.69 Å². The first-order valence-electron chi connectivity index (χ1n) is 6.93. The van der Waals surface area contributed by atoms with Crippen LogP contribution in [0.1, 0.15) is 45.1 Å². The summed E-state index contributed by atoms with van der Waals surface area (Å²) < 4.78 is 0. The topological polar surface area (TPSA) is 69.2 Å². The number of hydrogen-bond donors (Lipinski definition) is 1. The van der Waals surface area contributed by atoms with Crippen LogP contribution in [0.25, 0.3) is 0 Å². The largest absolute Gasteiger partial charge is 0.325 e. The van der Waals surface area contributed by atoms with E-state index in [0.29, 0.717) is 22.4 Å². The van der Waals surface area contributed by atoms with Gasteiger partial charge >= 0.3 is 0 Å². The molecule has 5 heteroatoms. The van der Waals surface area contributed by atoms with Gasteiger partial charge in [-0.15, -0.1) is 0 Å². The Balaban J connectivity index is 2.21. The van der Waals surface area contributed by atoms with Crippen molar-refractivity contribution < 1.29 is 4.92 Å². The lowest BCUT2D eigenvalue weighted by Crippen LogP contribution is -2.46. The van der Waals surface area contributed by atoms with Crippen LogP contribution in [-0.4, -0.2) is 10.5 Å². The summed E-state index contributed by atoms with van der Waals surface area (Å²) in [6.07, 6.45) is 4.41. The van der Waals surface area contributed by atoms with Gasteiger partial charge in [0.15, 0.2) is 0 Å². The number of nitro groups is 1. The molecule has 1 aliphatic carbocycles. The van der Waals surface area contributed by atoms with Crippen LogP contribution in [0.3, 0.4) is 0 Å².